The smallest absolute Gasteiger partial charge is 0.191 e. The Balaban J connectivity index is 2.64. The minimum Gasteiger partial charge on any atom is -0.442 e. The Morgan fingerprint density at radius 2 is 2.27 bits per heavy atom. The van der Waals surface area contributed by atoms with Crippen LogP contribution in [0.3, 0.4) is 0 Å². The van der Waals surface area contributed by atoms with Crippen LogP contribution in [0, 0.1) is 6.92 Å². The molecule has 0 aliphatic carbocycles. The van der Waals surface area contributed by atoms with Crippen molar-refractivity contribution in [3.63, 3.8) is 0 Å². The molecule has 0 saturated carbocycles. The van der Waals surface area contributed by atoms with Gasteiger partial charge in [0.2, 0.25) is 0 Å². The van der Waals surface area contributed by atoms with E-state index in [1.54, 1.807) is 6.20 Å². The van der Waals surface area contributed by atoms with Crippen LogP contribution in [0.2, 0.25) is 0 Å². The lowest BCUT2D eigenvalue weighted by atomic mass is 10.4. The predicted octanol–water partition coefficient (Wildman–Crippen LogP) is 2.57. The van der Waals surface area contributed by atoms with Crippen molar-refractivity contribution in [3.05, 3.63) is 36.1 Å². The van der Waals surface area contributed by atoms with Gasteiger partial charge in [-0.2, -0.15) is 0 Å². The summed E-state index contributed by atoms with van der Waals surface area (Å²) in [7, 11) is 0. The van der Waals surface area contributed by atoms with E-state index in [1.807, 2.05) is 38.2 Å². The molecule has 1 aromatic rings. The molecule has 0 atom stereocenters. The molecule has 2 nitrogen and oxygen atoms in total. The van der Waals surface area contributed by atoms with Gasteiger partial charge in [-0.1, -0.05) is 18.2 Å². The molecule has 0 aromatic carbocycles. The van der Waals surface area contributed by atoms with Crippen LogP contribution in [0.1, 0.15) is 18.6 Å². The second-order valence-electron chi connectivity index (χ2n) is 2.17. The van der Waals surface area contributed by atoms with E-state index in [1.165, 1.54) is 0 Å². The zero-order valence-corrected chi connectivity index (χ0v) is 6.74. The van der Waals surface area contributed by atoms with E-state index in [0.717, 1.165) is 5.76 Å². The van der Waals surface area contributed by atoms with Gasteiger partial charge in [0.15, 0.2) is 5.89 Å². The lowest BCUT2D eigenvalue weighted by Crippen LogP contribution is -1.60. The number of aryl methyl sites for hydroxylation is 1. The summed E-state index contributed by atoms with van der Waals surface area (Å²) in [6, 6.07) is 0. The fraction of sp³-hybridized carbons (Fsp3) is 0.222. The van der Waals surface area contributed by atoms with Gasteiger partial charge < -0.3 is 4.42 Å². The summed E-state index contributed by atoms with van der Waals surface area (Å²) in [4.78, 5) is 3.95. The van der Waals surface area contributed by atoms with Gasteiger partial charge >= 0.3 is 0 Å². The topological polar surface area (TPSA) is 26.0 Å². The van der Waals surface area contributed by atoms with E-state index in [-0.39, 0.29) is 0 Å². The van der Waals surface area contributed by atoms with E-state index in [9.17, 15) is 0 Å². The van der Waals surface area contributed by atoms with E-state index in [0.29, 0.717) is 5.89 Å². The highest BCUT2D eigenvalue weighted by molar-refractivity contribution is 5.43. The van der Waals surface area contributed by atoms with Crippen molar-refractivity contribution in [1.82, 2.24) is 4.98 Å². The summed E-state index contributed by atoms with van der Waals surface area (Å²) >= 11 is 0. The summed E-state index contributed by atoms with van der Waals surface area (Å²) in [5, 5.41) is 0. The van der Waals surface area contributed by atoms with Gasteiger partial charge in [-0.05, 0) is 13.0 Å². The van der Waals surface area contributed by atoms with E-state index in [4.69, 9.17) is 4.42 Å². The van der Waals surface area contributed by atoms with Crippen molar-refractivity contribution in [2.45, 2.75) is 13.8 Å². The minimum atomic E-state index is 0.699. The van der Waals surface area contributed by atoms with Crippen LogP contribution in [-0.2, 0) is 0 Å². The van der Waals surface area contributed by atoms with Crippen LogP contribution in [0.4, 0.5) is 0 Å². The largest absolute Gasteiger partial charge is 0.442 e. The van der Waals surface area contributed by atoms with Gasteiger partial charge in [-0.25, -0.2) is 4.98 Å². The maximum absolute atomic E-state index is 5.20. The first kappa shape index (κ1) is 7.79. The lowest BCUT2D eigenvalue weighted by molar-refractivity contribution is 0.513. The average molecular weight is 149 g/mol. The van der Waals surface area contributed by atoms with Gasteiger partial charge in [-0.15, -0.1) is 0 Å². The average Bonchev–Trinajstić information content (AvgIpc) is 2.37. The first-order chi connectivity index (χ1) is 5.33. The van der Waals surface area contributed by atoms with E-state index >= 15 is 0 Å². The van der Waals surface area contributed by atoms with Gasteiger partial charge in [-0.3, -0.25) is 0 Å². The molecule has 0 saturated heterocycles. The molecule has 11 heavy (non-hydrogen) atoms. The zero-order valence-electron chi connectivity index (χ0n) is 6.74. The van der Waals surface area contributed by atoms with E-state index < -0.39 is 0 Å². The Morgan fingerprint density at radius 3 is 2.82 bits per heavy atom. The molecule has 0 unspecified atom stereocenters. The number of hydrogen-bond donors (Lipinski definition) is 0. The summed E-state index contributed by atoms with van der Waals surface area (Å²) in [6.07, 6.45) is 9.40. The van der Waals surface area contributed by atoms with Crippen molar-refractivity contribution in [1.29, 1.82) is 0 Å². The molecule has 0 aliphatic heterocycles. The molecular weight excluding hydrogens is 138 g/mol. The molecule has 0 bridgehead atoms. The van der Waals surface area contributed by atoms with Crippen LogP contribution in [0.25, 0.3) is 6.08 Å². The molecule has 1 rings (SSSR count). The quantitative estimate of drug-likeness (QED) is 0.604. The highest BCUT2D eigenvalue weighted by Crippen LogP contribution is 2.03. The Kier molecular flexibility index (Phi) is 2.66. The number of nitrogens with zero attached hydrogens (tertiary/aromatic N) is 1. The molecule has 58 valence electrons. The standard InChI is InChI=1S/C9H11NO/c1-3-4-5-6-9-7-10-8(2)11-9/h3-7H,1-2H3/b4-3-,6-5-. The SMILES string of the molecule is C/C=C\C=C/c1cnc(C)o1. The van der Waals surface area contributed by atoms with Crippen molar-refractivity contribution in [3.8, 4) is 0 Å². The third-order valence-corrected chi connectivity index (χ3v) is 1.20. The summed E-state index contributed by atoms with van der Waals surface area (Å²) in [5.41, 5.74) is 0. The van der Waals surface area contributed by atoms with Crippen LogP contribution in [0.15, 0.2) is 28.8 Å². The molecule has 0 radical (unpaired) electrons. The summed E-state index contributed by atoms with van der Waals surface area (Å²) in [5.74, 6) is 1.49. The number of hydrogen-bond acceptors (Lipinski definition) is 2. The van der Waals surface area contributed by atoms with Crippen LogP contribution in [0.5, 0.6) is 0 Å². The Bertz CT molecular complexity index is 271. The number of aromatic nitrogens is 1. The van der Waals surface area contributed by atoms with Crippen molar-refractivity contribution in [2.24, 2.45) is 0 Å². The fourth-order valence-corrected chi connectivity index (χ4v) is 0.716. The second kappa shape index (κ2) is 3.76. The van der Waals surface area contributed by atoms with Gasteiger partial charge in [0.1, 0.15) is 5.76 Å². The highest BCUT2D eigenvalue weighted by atomic mass is 16.3. The molecule has 2 heteroatoms. The van der Waals surface area contributed by atoms with Crippen molar-refractivity contribution < 1.29 is 4.42 Å². The molecule has 0 amide bonds. The van der Waals surface area contributed by atoms with Gasteiger partial charge in [0, 0.05) is 6.92 Å². The van der Waals surface area contributed by atoms with Crippen molar-refractivity contribution >= 4 is 6.08 Å². The molecular formula is C9H11NO. The molecule has 1 aromatic heterocycles. The molecule has 0 spiro atoms. The normalized spacial score (nSPS) is 11.8. The van der Waals surface area contributed by atoms with Gasteiger partial charge in [0.05, 0.1) is 6.20 Å². The van der Waals surface area contributed by atoms with Crippen LogP contribution in [-0.4, -0.2) is 4.98 Å². The first-order valence-corrected chi connectivity index (χ1v) is 3.54. The Morgan fingerprint density at radius 1 is 1.45 bits per heavy atom. The maximum atomic E-state index is 5.20. The van der Waals surface area contributed by atoms with Crippen molar-refractivity contribution in [2.75, 3.05) is 0 Å². The molecule has 0 fully saturated rings. The summed E-state index contributed by atoms with van der Waals surface area (Å²) < 4.78 is 5.20. The molecule has 1 heterocycles. The lowest BCUT2D eigenvalue weighted by Gasteiger charge is -1.79. The number of rotatable bonds is 2. The van der Waals surface area contributed by atoms with Gasteiger partial charge in [0.25, 0.3) is 0 Å². The third-order valence-electron chi connectivity index (χ3n) is 1.20. The highest BCUT2D eigenvalue weighted by Gasteiger charge is 1.91. The number of allylic oxidation sites excluding steroid dienone is 3. The molecule has 0 N–H and O–H groups in total. The zero-order chi connectivity index (χ0) is 8.10. The monoisotopic (exact) mass is 149 g/mol. The fourth-order valence-electron chi connectivity index (χ4n) is 0.716. The molecule has 0 aliphatic rings. The predicted molar refractivity (Wildman–Crippen MR) is 45.1 cm³/mol. The Hall–Kier alpha value is -1.31. The van der Waals surface area contributed by atoms with Crippen LogP contribution >= 0.6 is 0 Å². The maximum Gasteiger partial charge on any atom is 0.191 e. The van der Waals surface area contributed by atoms with Crippen LogP contribution < -0.4 is 0 Å². The minimum absolute atomic E-state index is 0.699. The number of oxazole rings is 1. The van der Waals surface area contributed by atoms with E-state index in [2.05, 4.69) is 4.98 Å². The Labute approximate surface area is 66.3 Å². The second-order valence-corrected chi connectivity index (χ2v) is 2.17. The summed E-state index contributed by atoms with van der Waals surface area (Å²) in [6.45, 7) is 3.79. The first-order valence-electron chi connectivity index (χ1n) is 3.54. The third kappa shape index (κ3) is 2.42.